The van der Waals surface area contributed by atoms with Crippen LogP contribution in [0.1, 0.15) is 52.2 Å². The average Bonchev–Trinajstić information content (AvgIpc) is 2.98. The van der Waals surface area contributed by atoms with Crippen LogP contribution in [0.2, 0.25) is 0 Å². The zero-order valence-electron chi connectivity index (χ0n) is 16.7. The van der Waals surface area contributed by atoms with Gasteiger partial charge in [0, 0.05) is 17.6 Å². The van der Waals surface area contributed by atoms with Gasteiger partial charge in [0.1, 0.15) is 16.4 Å². The van der Waals surface area contributed by atoms with Crippen molar-refractivity contribution in [3.05, 3.63) is 51.8 Å². The molecular formula is C21H25N3O2S. The van der Waals surface area contributed by atoms with E-state index in [-0.39, 0.29) is 11.9 Å². The molecule has 1 atom stereocenters. The zero-order valence-corrected chi connectivity index (χ0v) is 17.5. The lowest BCUT2D eigenvalue weighted by Crippen LogP contribution is -2.33. The van der Waals surface area contributed by atoms with Gasteiger partial charge in [-0.25, -0.2) is 9.97 Å². The maximum absolute atomic E-state index is 13.4. The van der Waals surface area contributed by atoms with E-state index in [0.29, 0.717) is 6.54 Å². The fourth-order valence-corrected chi connectivity index (χ4v) is 4.72. The molecular weight excluding hydrogens is 358 g/mol. The van der Waals surface area contributed by atoms with E-state index in [0.717, 1.165) is 43.5 Å². The lowest BCUT2D eigenvalue weighted by atomic mass is 10.1. The predicted octanol–water partition coefficient (Wildman–Crippen LogP) is 4.85. The highest BCUT2D eigenvalue weighted by atomic mass is 32.1. The first-order chi connectivity index (χ1) is 12.9. The number of methoxy groups -OCH3 is 1. The molecule has 2 aromatic heterocycles. The van der Waals surface area contributed by atoms with Crippen molar-refractivity contribution in [1.82, 2.24) is 14.9 Å². The summed E-state index contributed by atoms with van der Waals surface area (Å²) >= 11 is 1.46. The molecule has 0 aliphatic carbocycles. The van der Waals surface area contributed by atoms with Crippen molar-refractivity contribution in [3.8, 4) is 5.75 Å². The van der Waals surface area contributed by atoms with Gasteiger partial charge in [0.25, 0.3) is 5.91 Å². The van der Waals surface area contributed by atoms with Crippen molar-refractivity contribution in [1.29, 1.82) is 0 Å². The lowest BCUT2D eigenvalue weighted by Gasteiger charge is -2.28. The lowest BCUT2D eigenvalue weighted by molar-refractivity contribution is 0.0706. The summed E-state index contributed by atoms with van der Waals surface area (Å²) in [6.45, 7) is 10.5. The van der Waals surface area contributed by atoms with E-state index in [9.17, 15) is 4.79 Å². The summed E-state index contributed by atoms with van der Waals surface area (Å²) in [4.78, 5) is 25.9. The molecule has 0 aliphatic heterocycles. The Balaban J connectivity index is 2.01. The second-order valence-corrected chi connectivity index (χ2v) is 7.64. The summed E-state index contributed by atoms with van der Waals surface area (Å²) in [7, 11) is 1.65. The minimum atomic E-state index is -0.0591. The van der Waals surface area contributed by atoms with Gasteiger partial charge in [-0.2, -0.15) is 0 Å². The number of thiophene rings is 1. The Kier molecular flexibility index (Phi) is 5.46. The van der Waals surface area contributed by atoms with Crippen LogP contribution in [-0.2, 0) is 0 Å². The van der Waals surface area contributed by atoms with Crippen LogP contribution in [0.25, 0.3) is 10.2 Å². The molecule has 27 heavy (non-hydrogen) atoms. The monoisotopic (exact) mass is 383 g/mol. The van der Waals surface area contributed by atoms with E-state index in [1.165, 1.54) is 11.3 Å². The van der Waals surface area contributed by atoms with Gasteiger partial charge in [-0.3, -0.25) is 4.79 Å². The molecule has 0 saturated heterocycles. The number of ether oxygens (including phenoxy) is 1. The van der Waals surface area contributed by atoms with Crippen LogP contribution >= 0.6 is 11.3 Å². The highest BCUT2D eigenvalue weighted by Crippen LogP contribution is 2.34. The molecule has 142 valence electrons. The van der Waals surface area contributed by atoms with Crippen molar-refractivity contribution in [2.24, 2.45) is 0 Å². The number of carbonyl (C=O) groups excluding carboxylic acids is 1. The van der Waals surface area contributed by atoms with Gasteiger partial charge < -0.3 is 9.64 Å². The number of benzene rings is 1. The summed E-state index contributed by atoms with van der Waals surface area (Å²) < 4.78 is 5.33. The zero-order chi connectivity index (χ0) is 19.7. The summed E-state index contributed by atoms with van der Waals surface area (Å²) in [5, 5.41) is 0.999. The van der Waals surface area contributed by atoms with Crippen LogP contribution in [0, 0.1) is 20.8 Å². The summed E-state index contributed by atoms with van der Waals surface area (Å²) in [6, 6.07) is 7.82. The number of rotatable bonds is 5. The number of aromatic nitrogens is 2. The highest BCUT2D eigenvalue weighted by Gasteiger charge is 2.26. The summed E-state index contributed by atoms with van der Waals surface area (Å²) in [5.41, 5.74) is 2.94. The van der Waals surface area contributed by atoms with Gasteiger partial charge in [0.05, 0.1) is 18.0 Å². The molecule has 0 spiro atoms. The topological polar surface area (TPSA) is 55.3 Å². The quantitative estimate of drug-likeness (QED) is 0.632. The van der Waals surface area contributed by atoms with Gasteiger partial charge in [-0.1, -0.05) is 12.1 Å². The fraction of sp³-hybridized carbons (Fsp3) is 0.381. The number of carbonyl (C=O) groups is 1. The predicted molar refractivity (Wildman–Crippen MR) is 110 cm³/mol. The first-order valence-electron chi connectivity index (χ1n) is 9.06. The second kappa shape index (κ2) is 7.64. The third-order valence-electron chi connectivity index (χ3n) is 4.92. The molecule has 3 rings (SSSR count). The first kappa shape index (κ1) is 19.3. The van der Waals surface area contributed by atoms with Crippen LogP contribution in [0.3, 0.4) is 0 Å². The standard InChI is InChI=1S/C21H25N3O2S/c1-7-24(14(4)16-9-8-10-17(11-16)26-6)21(25)19-12(2)18-13(3)22-15(5)23-20(18)27-19/h8-11,14H,7H2,1-6H3. The van der Waals surface area contributed by atoms with Crippen molar-refractivity contribution in [2.75, 3.05) is 13.7 Å². The second-order valence-electron chi connectivity index (χ2n) is 6.64. The molecule has 0 bridgehead atoms. The van der Waals surface area contributed by atoms with Crippen molar-refractivity contribution < 1.29 is 9.53 Å². The molecule has 1 aromatic carbocycles. The highest BCUT2D eigenvalue weighted by molar-refractivity contribution is 7.20. The fourth-order valence-electron chi connectivity index (χ4n) is 3.48. The molecule has 2 heterocycles. The van der Waals surface area contributed by atoms with Crippen molar-refractivity contribution in [3.63, 3.8) is 0 Å². The number of hydrogen-bond acceptors (Lipinski definition) is 5. The smallest absolute Gasteiger partial charge is 0.264 e. The maximum atomic E-state index is 13.4. The number of amides is 1. The van der Waals surface area contributed by atoms with Crippen LogP contribution in [0.5, 0.6) is 5.75 Å². The van der Waals surface area contributed by atoms with E-state index in [1.807, 2.05) is 63.8 Å². The van der Waals surface area contributed by atoms with E-state index < -0.39 is 0 Å². The molecule has 0 fully saturated rings. The van der Waals surface area contributed by atoms with E-state index in [4.69, 9.17) is 4.74 Å². The van der Waals surface area contributed by atoms with Gasteiger partial charge in [0.15, 0.2) is 0 Å². The molecule has 1 unspecified atom stereocenters. The normalized spacial score (nSPS) is 12.2. The van der Waals surface area contributed by atoms with Crippen LogP contribution in [0.15, 0.2) is 24.3 Å². The third-order valence-corrected chi connectivity index (χ3v) is 6.10. The average molecular weight is 384 g/mol. The van der Waals surface area contributed by atoms with E-state index >= 15 is 0 Å². The maximum Gasteiger partial charge on any atom is 0.264 e. The van der Waals surface area contributed by atoms with Crippen LogP contribution < -0.4 is 4.74 Å². The number of nitrogens with zero attached hydrogens (tertiary/aromatic N) is 3. The van der Waals surface area contributed by atoms with E-state index in [2.05, 4.69) is 9.97 Å². The molecule has 6 heteroatoms. The van der Waals surface area contributed by atoms with Gasteiger partial charge in [-0.15, -0.1) is 11.3 Å². The summed E-state index contributed by atoms with van der Waals surface area (Å²) in [5.74, 6) is 1.56. The first-order valence-corrected chi connectivity index (χ1v) is 9.88. The molecule has 0 N–H and O–H groups in total. The molecule has 1 amide bonds. The molecule has 0 saturated carbocycles. The summed E-state index contributed by atoms with van der Waals surface area (Å²) in [6.07, 6.45) is 0. The Morgan fingerprint density at radius 1 is 1.26 bits per heavy atom. The molecule has 3 aromatic rings. The van der Waals surface area contributed by atoms with Gasteiger partial charge in [-0.05, 0) is 57.9 Å². The largest absolute Gasteiger partial charge is 0.497 e. The van der Waals surface area contributed by atoms with Gasteiger partial charge >= 0.3 is 0 Å². The van der Waals surface area contributed by atoms with Crippen molar-refractivity contribution in [2.45, 2.75) is 40.7 Å². The molecule has 5 nitrogen and oxygen atoms in total. The SMILES string of the molecule is CCN(C(=O)c1sc2nc(C)nc(C)c2c1C)C(C)c1cccc(OC)c1. The Bertz CT molecular complexity index is 997. The number of hydrogen-bond donors (Lipinski definition) is 0. The van der Waals surface area contributed by atoms with Crippen LogP contribution in [0.4, 0.5) is 0 Å². The van der Waals surface area contributed by atoms with Gasteiger partial charge in [0.2, 0.25) is 0 Å². The van der Waals surface area contributed by atoms with Crippen LogP contribution in [-0.4, -0.2) is 34.4 Å². The molecule has 0 radical (unpaired) electrons. The Morgan fingerprint density at radius 2 is 2.00 bits per heavy atom. The minimum absolute atomic E-state index is 0.0328. The Morgan fingerprint density at radius 3 is 2.67 bits per heavy atom. The number of fused-ring (bicyclic) bond motifs is 1. The Labute approximate surface area is 164 Å². The van der Waals surface area contributed by atoms with E-state index in [1.54, 1.807) is 7.11 Å². The number of aryl methyl sites for hydroxylation is 3. The Hall–Kier alpha value is -2.47. The molecule has 0 aliphatic rings. The van der Waals surface area contributed by atoms with Crippen molar-refractivity contribution >= 4 is 27.5 Å². The minimum Gasteiger partial charge on any atom is -0.497 e. The third kappa shape index (κ3) is 3.54.